The number of benzene rings is 1. The van der Waals surface area contributed by atoms with E-state index < -0.39 is 21.6 Å². The first-order chi connectivity index (χ1) is 12.7. The van der Waals surface area contributed by atoms with Crippen LogP contribution in [-0.2, 0) is 16.0 Å². The summed E-state index contributed by atoms with van der Waals surface area (Å²) >= 11 is 0. The summed E-state index contributed by atoms with van der Waals surface area (Å²) in [6, 6.07) is 5.41. The van der Waals surface area contributed by atoms with Crippen molar-refractivity contribution < 1.29 is 26.0 Å². The molecular weight excluding hydrogens is 385 g/mol. The Balaban J connectivity index is 2.24. The smallest absolute Gasteiger partial charge is 0.416 e. The Morgan fingerprint density at radius 1 is 1.22 bits per heavy atom. The molecule has 0 spiro atoms. The van der Waals surface area contributed by atoms with Crippen LogP contribution in [0.1, 0.15) is 12.5 Å². The number of pyridine rings is 1. The van der Waals surface area contributed by atoms with Gasteiger partial charge in [0.1, 0.15) is 11.2 Å². The molecule has 2 N–H and O–H groups in total. The second-order valence-electron chi connectivity index (χ2n) is 5.40. The fourth-order valence-corrected chi connectivity index (χ4v) is 3.36. The maximum atomic E-state index is 12.9. The molecule has 0 bridgehead atoms. The van der Waals surface area contributed by atoms with Gasteiger partial charge in [-0.2, -0.15) is 13.2 Å². The fraction of sp³-hybridized carbons (Fsp3) is 0.188. The molecule has 3 rings (SSSR count). The minimum absolute atomic E-state index is 0.0624. The molecule has 3 aromatic rings. The number of rotatable bonds is 4. The summed E-state index contributed by atoms with van der Waals surface area (Å²) < 4.78 is 68.7. The fourth-order valence-electron chi connectivity index (χ4n) is 2.35. The number of fused-ring (bicyclic) bond motifs is 1. The molecule has 7 nitrogen and oxygen atoms in total. The lowest BCUT2D eigenvalue weighted by atomic mass is 10.2. The number of aromatic nitrogens is 2. The van der Waals surface area contributed by atoms with Crippen LogP contribution in [0.3, 0.4) is 0 Å². The van der Waals surface area contributed by atoms with Crippen LogP contribution in [-0.4, -0.2) is 30.5 Å². The molecule has 2 aromatic heterocycles. The van der Waals surface area contributed by atoms with Crippen molar-refractivity contribution >= 4 is 33.1 Å². The first-order valence-electron chi connectivity index (χ1n) is 7.62. The predicted octanol–water partition coefficient (Wildman–Crippen LogP) is 3.32. The van der Waals surface area contributed by atoms with Gasteiger partial charge in [-0.05, 0) is 30.3 Å². The summed E-state index contributed by atoms with van der Waals surface area (Å²) in [5.74, 6) is -0.342. The van der Waals surface area contributed by atoms with E-state index in [1.165, 1.54) is 19.1 Å². The van der Waals surface area contributed by atoms with Crippen molar-refractivity contribution in [3.63, 3.8) is 0 Å². The van der Waals surface area contributed by atoms with Crippen LogP contribution in [0, 0.1) is 0 Å². The van der Waals surface area contributed by atoms with Crippen LogP contribution in [0.2, 0.25) is 0 Å². The molecule has 142 valence electrons. The Kier molecular flexibility index (Phi) is 4.64. The number of hydrogen-bond acceptors (Lipinski definition) is 6. The van der Waals surface area contributed by atoms with E-state index in [0.717, 1.165) is 24.5 Å². The van der Waals surface area contributed by atoms with Crippen LogP contribution in [0.4, 0.5) is 19.0 Å². The molecule has 0 atom stereocenters. The first-order valence-corrected chi connectivity index (χ1v) is 9.27. The molecule has 0 unspecified atom stereocenters. The highest BCUT2D eigenvalue weighted by molar-refractivity contribution is 7.91. The van der Waals surface area contributed by atoms with Gasteiger partial charge in [-0.15, -0.1) is 0 Å². The van der Waals surface area contributed by atoms with Gasteiger partial charge in [-0.25, -0.2) is 23.4 Å². The minimum Gasteiger partial charge on any atom is -0.435 e. The molecule has 0 aliphatic rings. The molecule has 0 aliphatic carbocycles. The zero-order chi connectivity index (χ0) is 19.8. The molecule has 2 heterocycles. The van der Waals surface area contributed by atoms with Gasteiger partial charge in [0.05, 0.1) is 22.6 Å². The zero-order valence-corrected chi connectivity index (χ0v) is 14.7. The molecule has 27 heavy (non-hydrogen) atoms. The summed E-state index contributed by atoms with van der Waals surface area (Å²) in [5.41, 5.74) is 4.16. The van der Waals surface area contributed by atoms with E-state index in [9.17, 15) is 21.6 Å². The Bertz CT molecular complexity index is 1140. The number of nitrogens with zero attached hydrogens (tertiary/aromatic N) is 3. The third kappa shape index (κ3) is 3.63. The molecule has 1 aromatic carbocycles. The van der Waals surface area contributed by atoms with E-state index in [0.29, 0.717) is 0 Å². The maximum Gasteiger partial charge on any atom is 0.416 e. The lowest BCUT2D eigenvalue weighted by Gasteiger charge is -2.06. The predicted molar refractivity (Wildman–Crippen MR) is 92.3 cm³/mol. The Morgan fingerprint density at radius 2 is 1.96 bits per heavy atom. The number of aliphatic imine (C=N–C) groups is 1. The molecular formula is C16H13F3N4O3S. The van der Waals surface area contributed by atoms with E-state index in [1.54, 1.807) is 0 Å². The van der Waals surface area contributed by atoms with Crippen molar-refractivity contribution in [1.82, 2.24) is 9.97 Å². The standard InChI is InChI=1S/C16H13F3N4O3S/c1-2-27(24,25)12-5-6-13(21-8-20)23-14(12)15-22-10-7-9(16(17,18)19)3-4-11(10)26-15/h3-8H,2H2,1H3,(H2,20,21,23). The quantitative estimate of drug-likeness (QED) is 0.533. The van der Waals surface area contributed by atoms with E-state index in [1.807, 2.05) is 0 Å². The molecule has 0 fully saturated rings. The highest BCUT2D eigenvalue weighted by atomic mass is 32.2. The Morgan fingerprint density at radius 3 is 2.59 bits per heavy atom. The number of halogens is 3. The van der Waals surface area contributed by atoms with Gasteiger partial charge in [0, 0.05) is 0 Å². The monoisotopic (exact) mass is 398 g/mol. The van der Waals surface area contributed by atoms with Gasteiger partial charge < -0.3 is 10.2 Å². The van der Waals surface area contributed by atoms with Crippen molar-refractivity contribution in [3.05, 3.63) is 35.9 Å². The largest absolute Gasteiger partial charge is 0.435 e. The second kappa shape index (κ2) is 6.65. The lowest BCUT2D eigenvalue weighted by molar-refractivity contribution is -0.137. The normalized spacial score (nSPS) is 12.9. The molecule has 0 saturated heterocycles. The van der Waals surface area contributed by atoms with Crippen molar-refractivity contribution in [2.45, 2.75) is 18.0 Å². The van der Waals surface area contributed by atoms with Gasteiger partial charge >= 0.3 is 6.18 Å². The van der Waals surface area contributed by atoms with Gasteiger partial charge in [-0.3, -0.25) is 0 Å². The average molecular weight is 398 g/mol. The minimum atomic E-state index is -4.54. The van der Waals surface area contributed by atoms with Crippen LogP contribution in [0.5, 0.6) is 0 Å². The molecule has 0 radical (unpaired) electrons. The topological polar surface area (TPSA) is 111 Å². The number of nitrogens with two attached hydrogens (primary N) is 1. The maximum absolute atomic E-state index is 12.9. The van der Waals surface area contributed by atoms with Crippen LogP contribution in [0.15, 0.2) is 44.6 Å². The van der Waals surface area contributed by atoms with E-state index in [2.05, 4.69) is 15.0 Å². The molecule has 0 aliphatic heterocycles. The number of sulfone groups is 1. The third-order valence-electron chi connectivity index (χ3n) is 3.68. The van der Waals surface area contributed by atoms with E-state index >= 15 is 0 Å². The summed E-state index contributed by atoms with van der Waals surface area (Å²) in [4.78, 5) is 11.7. The average Bonchev–Trinajstić information content (AvgIpc) is 3.04. The number of hydrogen-bond donors (Lipinski definition) is 1. The van der Waals surface area contributed by atoms with Gasteiger partial charge in [0.2, 0.25) is 5.89 Å². The van der Waals surface area contributed by atoms with Crippen molar-refractivity contribution in [1.29, 1.82) is 0 Å². The number of oxazole rings is 1. The third-order valence-corrected chi connectivity index (χ3v) is 5.44. The zero-order valence-electron chi connectivity index (χ0n) is 13.9. The molecule has 0 amide bonds. The van der Waals surface area contributed by atoms with Gasteiger partial charge in [0.25, 0.3) is 0 Å². The summed E-state index contributed by atoms with van der Waals surface area (Å²) in [5, 5.41) is 0. The SMILES string of the molecule is CCS(=O)(=O)c1ccc(N=CN)nc1-c1nc2cc(C(F)(F)F)ccc2o1. The summed E-state index contributed by atoms with van der Waals surface area (Å²) in [7, 11) is -3.70. The summed E-state index contributed by atoms with van der Waals surface area (Å²) in [6.07, 6.45) is -3.57. The Hall–Kier alpha value is -2.95. The van der Waals surface area contributed by atoms with Crippen molar-refractivity contribution in [2.75, 3.05) is 5.75 Å². The number of alkyl halides is 3. The van der Waals surface area contributed by atoms with Crippen molar-refractivity contribution in [2.24, 2.45) is 10.7 Å². The van der Waals surface area contributed by atoms with E-state index in [-0.39, 0.29) is 39.2 Å². The lowest BCUT2D eigenvalue weighted by Crippen LogP contribution is -2.07. The van der Waals surface area contributed by atoms with Crippen LogP contribution in [0.25, 0.3) is 22.7 Å². The highest BCUT2D eigenvalue weighted by Gasteiger charge is 2.31. The second-order valence-corrected chi connectivity index (χ2v) is 7.64. The molecule has 11 heteroatoms. The van der Waals surface area contributed by atoms with Crippen molar-refractivity contribution in [3.8, 4) is 11.6 Å². The van der Waals surface area contributed by atoms with E-state index in [4.69, 9.17) is 10.2 Å². The van der Waals surface area contributed by atoms with Crippen LogP contribution >= 0.6 is 0 Å². The summed E-state index contributed by atoms with van der Waals surface area (Å²) in [6.45, 7) is 1.45. The Labute approximate surface area is 151 Å². The van der Waals surface area contributed by atoms with Gasteiger partial charge in [0.15, 0.2) is 21.2 Å². The molecule has 0 saturated carbocycles. The first kappa shape index (κ1) is 18.8. The van der Waals surface area contributed by atoms with Gasteiger partial charge in [-0.1, -0.05) is 6.92 Å². The van der Waals surface area contributed by atoms with Crippen LogP contribution < -0.4 is 5.73 Å². The highest BCUT2D eigenvalue weighted by Crippen LogP contribution is 2.34.